The summed E-state index contributed by atoms with van der Waals surface area (Å²) in [6.45, 7) is 4.66. The van der Waals surface area contributed by atoms with Crippen molar-refractivity contribution in [2.45, 2.75) is 25.3 Å². The molecule has 8 heteroatoms. The van der Waals surface area contributed by atoms with E-state index in [1.807, 2.05) is 54.6 Å². The molecule has 3 aromatic rings. The summed E-state index contributed by atoms with van der Waals surface area (Å²) in [5.74, 6) is 0.122. The summed E-state index contributed by atoms with van der Waals surface area (Å²) in [6.07, 6.45) is 1.49. The molecule has 1 N–H and O–H groups in total. The average molecular weight is 466 g/mol. The van der Waals surface area contributed by atoms with E-state index >= 15 is 0 Å². The van der Waals surface area contributed by atoms with Crippen LogP contribution in [0.2, 0.25) is 0 Å². The number of para-hydroxylation sites is 1. The maximum absolute atomic E-state index is 12.7. The van der Waals surface area contributed by atoms with Crippen LogP contribution in [0.5, 0.6) is 5.75 Å². The summed E-state index contributed by atoms with van der Waals surface area (Å²) in [7, 11) is -3.66. The first-order valence-corrected chi connectivity index (χ1v) is 12.1. The van der Waals surface area contributed by atoms with E-state index in [4.69, 9.17) is 4.74 Å². The van der Waals surface area contributed by atoms with E-state index in [0.717, 1.165) is 5.56 Å². The van der Waals surface area contributed by atoms with E-state index < -0.39 is 15.9 Å². The predicted octanol–water partition coefficient (Wildman–Crippen LogP) is 4.06. The number of hydrogen-bond acceptors (Lipinski definition) is 5. The van der Waals surface area contributed by atoms with E-state index in [0.29, 0.717) is 31.0 Å². The van der Waals surface area contributed by atoms with Crippen molar-refractivity contribution in [3.63, 3.8) is 0 Å². The van der Waals surface area contributed by atoms with Gasteiger partial charge in [0.2, 0.25) is 10.0 Å². The lowest BCUT2D eigenvalue weighted by Gasteiger charge is -2.18. The van der Waals surface area contributed by atoms with Crippen LogP contribution in [-0.2, 0) is 16.6 Å². The van der Waals surface area contributed by atoms with E-state index in [9.17, 15) is 13.2 Å². The van der Waals surface area contributed by atoms with E-state index in [1.54, 1.807) is 26.0 Å². The molecule has 0 aliphatic heterocycles. The van der Waals surface area contributed by atoms with Gasteiger partial charge in [0.15, 0.2) is 0 Å². The number of benzene rings is 3. The van der Waals surface area contributed by atoms with Crippen molar-refractivity contribution in [2.75, 3.05) is 13.1 Å². The summed E-state index contributed by atoms with van der Waals surface area (Å²) in [5, 5.41) is 4.03. The molecule has 0 aliphatic rings. The zero-order valence-electron chi connectivity index (χ0n) is 18.6. The summed E-state index contributed by atoms with van der Waals surface area (Å²) >= 11 is 0. The zero-order valence-corrected chi connectivity index (χ0v) is 19.5. The Morgan fingerprint density at radius 3 is 2.39 bits per heavy atom. The Morgan fingerprint density at radius 1 is 0.970 bits per heavy atom. The van der Waals surface area contributed by atoms with Crippen molar-refractivity contribution < 1.29 is 17.9 Å². The summed E-state index contributed by atoms with van der Waals surface area (Å²) in [5.41, 5.74) is 4.39. The fraction of sp³-hybridized carbons (Fsp3) is 0.200. The monoisotopic (exact) mass is 465 g/mol. The van der Waals surface area contributed by atoms with Crippen LogP contribution in [0.25, 0.3) is 0 Å². The standard InChI is InChI=1S/C25H27N3O4S/c1-3-28(4-2)33(30,31)23-15-10-14-21(17-23)25(29)27-26-18-22-13-8-9-16-24(22)32-19-20-11-6-5-7-12-20/h5-18H,3-4,19H2,1-2H3,(H,27,29)/b26-18+. The highest BCUT2D eigenvalue weighted by molar-refractivity contribution is 7.89. The third-order valence-electron chi connectivity index (χ3n) is 4.97. The third-order valence-corrected chi connectivity index (χ3v) is 7.01. The first kappa shape index (κ1) is 24.2. The average Bonchev–Trinajstić information content (AvgIpc) is 2.84. The lowest BCUT2D eigenvalue weighted by atomic mass is 10.2. The number of carbonyl (C=O) groups excluding carboxylic acids is 1. The normalized spacial score (nSPS) is 11.6. The minimum Gasteiger partial charge on any atom is -0.488 e. The Balaban J connectivity index is 1.69. The molecule has 0 aliphatic carbocycles. The molecular formula is C25H27N3O4S. The maximum Gasteiger partial charge on any atom is 0.271 e. The van der Waals surface area contributed by atoms with Gasteiger partial charge in [-0.2, -0.15) is 9.41 Å². The molecule has 1 amide bonds. The fourth-order valence-corrected chi connectivity index (χ4v) is 4.69. The molecule has 0 radical (unpaired) electrons. The van der Waals surface area contributed by atoms with Gasteiger partial charge in [-0.05, 0) is 35.9 Å². The molecule has 0 saturated heterocycles. The Bertz CT molecular complexity index is 1210. The topological polar surface area (TPSA) is 88.1 Å². The minimum atomic E-state index is -3.66. The van der Waals surface area contributed by atoms with Crippen molar-refractivity contribution in [3.8, 4) is 5.75 Å². The number of carbonyl (C=O) groups is 1. The van der Waals surface area contributed by atoms with Crippen LogP contribution in [0.15, 0.2) is 88.9 Å². The van der Waals surface area contributed by atoms with Gasteiger partial charge < -0.3 is 4.74 Å². The second kappa shape index (κ2) is 11.4. The number of sulfonamides is 1. The molecule has 0 saturated carbocycles. The van der Waals surface area contributed by atoms with Crippen molar-refractivity contribution in [1.29, 1.82) is 0 Å². The largest absolute Gasteiger partial charge is 0.488 e. The molecule has 0 aromatic heterocycles. The molecule has 0 fully saturated rings. The molecule has 0 spiro atoms. The number of amides is 1. The summed E-state index contributed by atoms with van der Waals surface area (Å²) in [6, 6.07) is 23.1. The molecule has 3 aromatic carbocycles. The van der Waals surface area contributed by atoms with Crippen LogP contribution >= 0.6 is 0 Å². The summed E-state index contributed by atoms with van der Waals surface area (Å²) in [4.78, 5) is 12.6. The van der Waals surface area contributed by atoms with Crippen molar-refractivity contribution in [3.05, 3.63) is 95.6 Å². The van der Waals surface area contributed by atoms with Gasteiger partial charge in [0.1, 0.15) is 12.4 Å². The van der Waals surface area contributed by atoms with E-state index in [1.165, 1.54) is 22.7 Å². The molecule has 0 bridgehead atoms. The molecule has 0 atom stereocenters. The number of nitrogens with one attached hydrogen (secondary N) is 1. The van der Waals surface area contributed by atoms with Crippen LogP contribution < -0.4 is 10.2 Å². The van der Waals surface area contributed by atoms with Crippen LogP contribution in [0, 0.1) is 0 Å². The van der Waals surface area contributed by atoms with Crippen molar-refractivity contribution in [2.24, 2.45) is 5.10 Å². The maximum atomic E-state index is 12.7. The number of rotatable bonds is 10. The van der Waals surface area contributed by atoms with Gasteiger partial charge in [0.05, 0.1) is 11.1 Å². The van der Waals surface area contributed by atoms with E-state index in [-0.39, 0.29) is 10.5 Å². The molecule has 0 heterocycles. The van der Waals surface area contributed by atoms with Crippen molar-refractivity contribution in [1.82, 2.24) is 9.73 Å². The molecule has 7 nitrogen and oxygen atoms in total. The second-order valence-electron chi connectivity index (χ2n) is 7.13. The highest BCUT2D eigenvalue weighted by atomic mass is 32.2. The highest BCUT2D eigenvalue weighted by Gasteiger charge is 2.22. The van der Waals surface area contributed by atoms with Crippen LogP contribution in [0.3, 0.4) is 0 Å². The van der Waals surface area contributed by atoms with Gasteiger partial charge in [0.25, 0.3) is 5.91 Å². The Morgan fingerprint density at radius 2 is 1.67 bits per heavy atom. The smallest absolute Gasteiger partial charge is 0.271 e. The van der Waals surface area contributed by atoms with Gasteiger partial charge in [-0.1, -0.05) is 62.4 Å². The number of ether oxygens (including phenoxy) is 1. The van der Waals surface area contributed by atoms with Crippen molar-refractivity contribution >= 4 is 22.1 Å². The molecule has 33 heavy (non-hydrogen) atoms. The number of nitrogens with zero attached hydrogens (tertiary/aromatic N) is 2. The predicted molar refractivity (Wildman–Crippen MR) is 129 cm³/mol. The minimum absolute atomic E-state index is 0.0717. The van der Waals surface area contributed by atoms with Gasteiger partial charge >= 0.3 is 0 Å². The van der Waals surface area contributed by atoms with Crippen LogP contribution in [0.4, 0.5) is 0 Å². The summed E-state index contributed by atoms with van der Waals surface area (Å²) < 4.78 is 32.7. The lowest BCUT2D eigenvalue weighted by Crippen LogP contribution is -2.30. The molecule has 0 unspecified atom stereocenters. The fourth-order valence-electron chi connectivity index (χ4n) is 3.19. The first-order valence-electron chi connectivity index (χ1n) is 10.6. The Kier molecular flexibility index (Phi) is 8.34. The van der Waals surface area contributed by atoms with Gasteiger partial charge in [-0.15, -0.1) is 0 Å². The van der Waals surface area contributed by atoms with Gasteiger partial charge in [-0.25, -0.2) is 13.8 Å². The van der Waals surface area contributed by atoms with Crippen LogP contribution in [0.1, 0.15) is 35.3 Å². The molecule has 172 valence electrons. The quantitative estimate of drug-likeness (QED) is 0.361. The number of hydrazone groups is 1. The highest BCUT2D eigenvalue weighted by Crippen LogP contribution is 2.18. The zero-order chi connectivity index (χ0) is 23.7. The van der Waals surface area contributed by atoms with Crippen LogP contribution in [-0.4, -0.2) is 37.9 Å². The first-order chi connectivity index (χ1) is 16.0. The molecular weight excluding hydrogens is 438 g/mol. The number of hydrogen-bond donors (Lipinski definition) is 1. The van der Waals surface area contributed by atoms with Gasteiger partial charge in [0, 0.05) is 24.2 Å². The molecule has 3 rings (SSSR count). The Labute approximate surface area is 194 Å². The Hall–Kier alpha value is -3.49. The van der Waals surface area contributed by atoms with E-state index in [2.05, 4.69) is 10.5 Å². The third kappa shape index (κ3) is 6.27. The van der Waals surface area contributed by atoms with Gasteiger partial charge in [-0.3, -0.25) is 4.79 Å². The second-order valence-corrected chi connectivity index (χ2v) is 9.07. The SMILES string of the molecule is CCN(CC)S(=O)(=O)c1cccc(C(=O)N/N=C/c2ccccc2OCc2ccccc2)c1. The lowest BCUT2D eigenvalue weighted by molar-refractivity contribution is 0.0955.